The highest BCUT2D eigenvalue weighted by Gasteiger charge is 2.16. The van der Waals surface area contributed by atoms with Crippen molar-refractivity contribution in [1.82, 2.24) is 10.2 Å². The van der Waals surface area contributed by atoms with Crippen LogP contribution in [0.15, 0.2) is 24.3 Å². The molecule has 1 aromatic rings. The summed E-state index contributed by atoms with van der Waals surface area (Å²) in [7, 11) is 0. The van der Waals surface area contributed by atoms with E-state index < -0.39 is 0 Å². The third-order valence-corrected chi connectivity index (χ3v) is 4.04. The SMILES string of the molecule is CC(C)(C)NC(=O)c1ccc(NCC(=O)N2CCCCCC2)cc1. The van der Waals surface area contributed by atoms with Crippen LogP contribution in [0.1, 0.15) is 56.8 Å². The van der Waals surface area contributed by atoms with Crippen molar-refractivity contribution in [3.05, 3.63) is 29.8 Å². The molecule has 2 N–H and O–H groups in total. The van der Waals surface area contributed by atoms with Gasteiger partial charge >= 0.3 is 0 Å². The quantitative estimate of drug-likeness (QED) is 0.891. The Morgan fingerprint density at radius 3 is 2.12 bits per heavy atom. The molecule has 24 heavy (non-hydrogen) atoms. The second-order valence-electron chi connectivity index (χ2n) is 7.43. The zero-order valence-corrected chi connectivity index (χ0v) is 15.0. The summed E-state index contributed by atoms with van der Waals surface area (Å²) in [6.45, 7) is 7.90. The maximum Gasteiger partial charge on any atom is 0.251 e. The second kappa shape index (κ2) is 8.18. The van der Waals surface area contributed by atoms with Crippen molar-refractivity contribution in [3.8, 4) is 0 Å². The fourth-order valence-electron chi connectivity index (χ4n) is 2.76. The molecule has 0 bridgehead atoms. The first kappa shape index (κ1) is 18.3. The fourth-order valence-corrected chi connectivity index (χ4v) is 2.76. The Morgan fingerprint density at radius 2 is 1.58 bits per heavy atom. The van der Waals surface area contributed by atoms with Crippen molar-refractivity contribution >= 4 is 17.5 Å². The lowest BCUT2D eigenvalue weighted by molar-refractivity contribution is -0.129. The zero-order valence-electron chi connectivity index (χ0n) is 15.0. The molecular formula is C19H29N3O2. The highest BCUT2D eigenvalue weighted by molar-refractivity contribution is 5.95. The molecule has 1 heterocycles. The minimum Gasteiger partial charge on any atom is -0.376 e. The zero-order chi connectivity index (χ0) is 17.6. The summed E-state index contributed by atoms with van der Waals surface area (Å²) in [6.07, 6.45) is 4.64. The van der Waals surface area contributed by atoms with Crippen molar-refractivity contribution < 1.29 is 9.59 Å². The summed E-state index contributed by atoms with van der Waals surface area (Å²) in [5.41, 5.74) is 1.22. The van der Waals surface area contributed by atoms with Crippen LogP contribution in [0.25, 0.3) is 0 Å². The minimum atomic E-state index is -0.256. The average molecular weight is 331 g/mol. The molecular weight excluding hydrogens is 302 g/mol. The minimum absolute atomic E-state index is 0.0882. The van der Waals surface area contributed by atoms with Crippen LogP contribution in [-0.4, -0.2) is 41.9 Å². The van der Waals surface area contributed by atoms with E-state index in [9.17, 15) is 9.59 Å². The number of hydrogen-bond donors (Lipinski definition) is 2. The number of hydrogen-bond acceptors (Lipinski definition) is 3. The first-order valence-corrected chi connectivity index (χ1v) is 8.79. The van der Waals surface area contributed by atoms with Crippen LogP contribution in [-0.2, 0) is 4.79 Å². The van der Waals surface area contributed by atoms with E-state index in [0.29, 0.717) is 12.1 Å². The molecule has 0 spiro atoms. The van der Waals surface area contributed by atoms with Gasteiger partial charge in [-0.05, 0) is 57.9 Å². The predicted molar refractivity (Wildman–Crippen MR) is 97.2 cm³/mol. The summed E-state index contributed by atoms with van der Waals surface area (Å²) >= 11 is 0. The Kier molecular flexibility index (Phi) is 6.23. The van der Waals surface area contributed by atoms with E-state index in [0.717, 1.165) is 31.6 Å². The topological polar surface area (TPSA) is 61.4 Å². The van der Waals surface area contributed by atoms with Gasteiger partial charge < -0.3 is 15.5 Å². The molecule has 0 radical (unpaired) electrons. The van der Waals surface area contributed by atoms with Crippen molar-refractivity contribution in [1.29, 1.82) is 0 Å². The number of amides is 2. The summed E-state index contributed by atoms with van der Waals surface area (Å²) in [5.74, 6) is 0.0566. The van der Waals surface area contributed by atoms with Crippen molar-refractivity contribution in [2.24, 2.45) is 0 Å². The average Bonchev–Trinajstić information content (AvgIpc) is 2.80. The molecule has 1 aliphatic rings. The Hall–Kier alpha value is -2.04. The highest BCUT2D eigenvalue weighted by Crippen LogP contribution is 2.12. The van der Waals surface area contributed by atoms with Crippen molar-refractivity contribution in [3.63, 3.8) is 0 Å². The third-order valence-electron chi connectivity index (χ3n) is 4.04. The van der Waals surface area contributed by atoms with Gasteiger partial charge in [0.05, 0.1) is 6.54 Å². The van der Waals surface area contributed by atoms with Gasteiger partial charge in [0.2, 0.25) is 5.91 Å². The lowest BCUT2D eigenvalue weighted by Crippen LogP contribution is -2.40. The number of benzene rings is 1. The lowest BCUT2D eigenvalue weighted by atomic mass is 10.1. The largest absolute Gasteiger partial charge is 0.376 e. The summed E-state index contributed by atoms with van der Waals surface area (Å²) in [4.78, 5) is 26.3. The molecule has 132 valence electrons. The van der Waals surface area contributed by atoms with Gasteiger partial charge in [-0.3, -0.25) is 9.59 Å². The number of rotatable bonds is 4. The lowest BCUT2D eigenvalue weighted by Gasteiger charge is -2.21. The monoisotopic (exact) mass is 331 g/mol. The Morgan fingerprint density at radius 1 is 1.00 bits per heavy atom. The van der Waals surface area contributed by atoms with Gasteiger partial charge in [0, 0.05) is 29.9 Å². The summed E-state index contributed by atoms with van der Waals surface area (Å²) in [6, 6.07) is 7.24. The number of carbonyl (C=O) groups excluding carboxylic acids is 2. The van der Waals surface area contributed by atoms with Crippen LogP contribution in [0, 0.1) is 0 Å². The standard InChI is InChI=1S/C19H29N3O2/c1-19(2,3)21-18(24)15-8-10-16(11-9-15)20-14-17(23)22-12-6-4-5-7-13-22/h8-11,20H,4-7,12-14H2,1-3H3,(H,21,24). The highest BCUT2D eigenvalue weighted by atomic mass is 16.2. The van der Waals surface area contributed by atoms with Crippen LogP contribution in [0.5, 0.6) is 0 Å². The molecule has 1 saturated heterocycles. The predicted octanol–water partition coefficient (Wildman–Crippen LogP) is 3.03. The molecule has 0 unspecified atom stereocenters. The van der Waals surface area contributed by atoms with Crippen molar-refractivity contribution in [2.45, 2.75) is 52.0 Å². The Labute approximate surface area is 144 Å². The summed E-state index contributed by atoms with van der Waals surface area (Å²) in [5, 5.41) is 6.09. The van der Waals surface area contributed by atoms with Gasteiger partial charge in [-0.25, -0.2) is 0 Å². The molecule has 5 heteroatoms. The number of likely N-dealkylation sites (tertiary alicyclic amines) is 1. The molecule has 0 saturated carbocycles. The van der Waals surface area contributed by atoms with E-state index in [1.807, 2.05) is 37.8 Å². The maximum absolute atomic E-state index is 12.3. The molecule has 5 nitrogen and oxygen atoms in total. The first-order chi connectivity index (χ1) is 11.3. The number of nitrogens with zero attached hydrogens (tertiary/aromatic N) is 1. The Bertz CT molecular complexity index is 553. The molecule has 0 atom stereocenters. The molecule has 1 fully saturated rings. The molecule has 0 aliphatic carbocycles. The normalized spacial score (nSPS) is 15.5. The van der Waals surface area contributed by atoms with Gasteiger partial charge in [-0.15, -0.1) is 0 Å². The van der Waals surface area contributed by atoms with Gasteiger partial charge in [0.1, 0.15) is 0 Å². The fraction of sp³-hybridized carbons (Fsp3) is 0.579. The van der Waals surface area contributed by atoms with E-state index in [2.05, 4.69) is 10.6 Å². The Balaban J connectivity index is 1.85. The van der Waals surface area contributed by atoms with E-state index in [1.165, 1.54) is 12.8 Å². The van der Waals surface area contributed by atoms with Crippen LogP contribution >= 0.6 is 0 Å². The van der Waals surface area contributed by atoms with Gasteiger partial charge in [0.25, 0.3) is 5.91 Å². The van der Waals surface area contributed by atoms with Gasteiger partial charge in [-0.1, -0.05) is 12.8 Å². The second-order valence-corrected chi connectivity index (χ2v) is 7.43. The van der Waals surface area contributed by atoms with Crippen LogP contribution in [0.2, 0.25) is 0 Å². The van der Waals surface area contributed by atoms with Crippen LogP contribution < -0.4 is 10.6 Å². The van der Waals surface area contributed by atoms with Crippen LogP contribution in [0.4, 0.5) is 5.69 Å². The van der Waals surface area contributed by atoms with Crippen molar-refractivity contribution in [2.75, 3.05) is 25.0 Å². The number of carbonyl (C=O) groups is 2. The number of nitrogens with one attached hydrogen (secondary N) is 2. The van der Waals surface area contributed by atoms with E-state index in [-0.39, 0.29) is 17.4 Å². The van der Waals surface area contributed by atoms with Gasteiger partial charge in [-0.2, -0.15) is 0 Å². The van der Waals surface area contributed by atoms with E-state index in [4.69, 9.17) is 0 Å². The molecule has 1 aliphatic heterocycles. The number of anilines is 1. The third kappa shape index (κ3) is 5.87. The summed E-state index contributed by atoms with van der Waals surface area (Å²) < 4.78 is 0. The molecule has 0 aromatic heterocycles. The van der Waals surface area contributed by atoms with E-state index in [1.54, 1.807) is 12.1 Å². The molecule has 2 rings (SSSR count). The maximum atomic E-state index is 12.3. The van der Waals surface area contributed by atoms with Gasteiger partial charge in [0.15, 0.2) is 0 Å². The first-order valence-electron chi connectivity index (χ1n) is 8.79. The smallest absolute Gasteiger partial charge is 0.251 e. The molecule has 1 aromatic carbocycles. The van der Waals surface area contributed by atoms with Crippen LogP contribution in [0.3, 0.4) is 0 Å². The van der Waals surface area contributed by atoms with E-state index >= 15 is 0 Å². The molecule has 2 amide bonds.